The molecule has 3 aromatic rings. The van der Waals surface area contributed by atoms with Crippen LogP contribution < -0.4 is 15.7 Å². The number of hydrogen-bond acceptors (Lipinski definition) is 6. The van der Waals surface area contributed by atoms with Crippen molar-refractivity contribution in [3.05, 3.63) is 62.2 Å². The van der Waals surface area contributed by atoms with Crippen molar-refractivity contribution in [2.75, 3.05) is 7.11 Å². The van der Waals surface area contributed by atoms with Crippen LogP contribution in [0.2, 0.25) is 0 Å². The summed E-state index contributed by atoms with van der Waals surface area (Å²) in [6, 6.07) is 7.62. The minimum absolute atomic E-state index is 0.00237. The molecule has 0 bridgehead atoms. The van der Waals surface area contributed by atoms with Gasteiger partial charge in [0.15, 0.2) is 0 Å². The van der Waals surface area contributed by atoms with Crippen LogP contribution >= 0.6 is 11.3 Å². The number of fused-ring (bicyclic) bond motifs is 1. The third-order valence-electron chi connectivity index (χ3n) is 5.07. The van der Waals surface area contributed by atoms with Crippen LogP contribution in [0.4, 0.5) is 0 Å². The Balaban J connectivity index is 1.43. The molecule has 4 rings (SSSR count). The molecule has 1 amide bonds. The van der Waals surface area contributed by atoms with Gasteiger partial charge >= 0.3 is 5.69 Å². The summed E-state index contributed by atoms with van der Waals surface area (Å²) in [4.78, 5) is 29.4. The maximum Gasteiger partial charge on any atom is 0.346 e. The van der Waals surface area contributed by atoms with Gasteiger partial charge in [0.05, 0.1) is 18.7 Å². The molecule has 8 nitrogen and oxygen atoms in total. The molecule has 1 aliphatic rings. The van der Waals surface area contributed by atoms with E-state index in [0.29, 0.717) is 31.6 Å². The zero-order chi connectivity index (χ0) is 20.4. The molecular weight excluding hydrogens is 390 g/mol. The number of carbonyl (C=O) groups is 1. The fourth-order valence-corrected chi connectivity index (χ4v) is 4.14. The number of hydrogen-bond donors (Lipinski definition) is 1. The highest BCUT2D eigenvalue weighted by molar-refractivity contribution is 7.09. The van der Waals surface area contributed by atoms with Crippen LogP contribution in [0, 0.1) is 6.92 Å². The lowest BCUT2D eigenvalue weighted by atomic mass is 10.1. The van der Waals surface area contributed by atoms with E-state index in [1.165, 1.54) is 16.0 Å². The highest BCUT2D eigenvalue weighted by atomic mass is 32.1. The number of rotatable bonds is 5. The van der Waals surface area contributed by atoms with Gasteiger partial charge in [0, 0.05) is 24.4 Å². The summed E-state index contributed by atoms with van der Waals surface area (Å²) < 4.78 is 8.47. The lowest BCUT2D eigenvalue weighted by Gasteiger charge is -2.15. The van der Waals surface area contributed by atoms with Gasteiger partial charge in [-0.05, 0) is 37.5 Å². The molecule has 3 heterocycles. The molecule has 152 valence electrons. The van der Waals surface area contributed by atoms with Gasteiger partial charge in [-0.15, -0.1) is 11.3 Å². The van der Waals surface area contributed by atoms with Gasteiger partial charge in [0.25, 0.3) is 5.91 Å². The van der Waals surface area contributed by atoms with Crippen molar-refractivity contribution in [2.45, 2.75) is 45.3 Å². The number of thiazole rings is 1. The fourth-order valence-electron chi connectivity index (χ4n) is 3.55. The van der Waals surface area contributed by atoms with Crippen molar-refractivity contribution in [2.24, 2.45) is 0 Å². The van der Waals surface area contributed by atoms with Crippen LogP contribution in [-0.2, 0) is 19.5 Å². The standard InChI is InChI=1S/C20H23N5O3S/c1-13-21-17(12-29-13)19(26)22-15-6-7-18-23-25(20(27)24(18)9-8-15)11-14-4-3-5-16(10-14)28-2/h3-5,10,12,15H,6-9,11H2,1-2H3,(H,22,26). The predicted octanol–water partition coefficient (Wildman–Crippen LogP) is 2.00. The molecule has 0 saturated heterocycles. The number of methoxy groups -OCH3 is 1. The van der Waals surface area contributed by atoms with Gasteiger partial charge in [0.2, 0.25) is 0 Å². The Labute approximate surface area is 172 Å². The summed E-state index contributed by atoms with van der Waals surface area (Å²) in [5.74, 6) is 1.36. The Morgan fingerprint density at radius 3 is 3.00 bits per heavy atom. The molecule has 9 heteroatoms. The summed E-state index contributed by atoms with van der Waals surface area (Å²) in [7, 11) is 1.62. The molecule has 1 N–H and O–H groups in total. The Morgan fingerprint density at radius 2 is 2.24 bits per heavy atom. The van der Waals surface area contributed by atoms with Gasteiger partial charge in [-0.1, -0.05) is 12.1 Å². The zero-order valence-corrected chi connectivity index (χ0v) is 17.2. The molecule has 1 atom stereocenters. The van der Waals surface area contributed by atoms with E-state index in [1.54, 1.807) is 17.1 Å². The summed E-state index contributed by atoms with van der Waals surface area (Å²) in [6.45, 7) is 2.81. The normalized spacial score (nSPS) is 16.1. The van der Waals surface area contributed by atoms with Crippen LogP contribution in [0.5, 0.6) is 5.75 Å². The first kappa shape index (κ1) is 19.4. The number of amides is 1. The van der Waals surface area contributed by atoms with Gasteiger partial charge in [-0.25, -0.2) is 14.5 Å². The van der Waals surface area contributed by atoms with Crippen LogP contribution in [0.25, 0.3) is 0 Å². The second-order valence-corrected chi connectivity index (χ2v) is 8.17. The van der Waals surface area contributed by atoms with E-state index < -0.39 is 0 Å². The first-order chi connectivity index (χ1) is 14.0. The van der Waals surface area contributed by atoms with E-state index in [4.69, 9.17) is 4.74 Å². The highest BCUT2D eigenvalue weighted by Gasteiger charge is 2.23. The van der Waals surface area contributed by atoms with E-state index >= 15 is 0 Å². The summed E-state index contributed by atoms with van der Waals surface area (Å²) >= 11 is 1.46. The number of aryl methyl sites for hydroxylation is 2. The second kappa shape index (κ2) is 8.20. The molecule has 0 radical (unpaired) electrons. The SMILES string of the molecule is COc1cccc(Cn2nc3n(c2=O)CCC(NC(=O)c2csc(C)n2)CC3)c1. The topological polar surface area (TPSA) is 91.0 Å². The fraction of sp³-hybridized carbons (Fsp3) is 0.400. The van der Waals surface area contributed by atoms with Crippen molar-refractivity contribution in [1.82, 2.24) is 24.6 Å². The number of nitrogens with zero attached hydrogens (tertiary/aromatic N) is 4. The number of ether oxygens (including phenoxy) is 1. The lowest BCUT2D eigenvalue weighted by molar-refractivity contribution is 0.0928. The van der Waals surface area contributed by atoms with Crippen molar-refractivity contribution in [3.8, 4) is 5.75 Å². The molecule has 1 unspecified atom stereocenters. The zero-order valence-electron chi connectivity index (χ0n) is 16.4. The molecular formula is C20H23N5O3S. The molecule has 2 aromatic heterocycles. The maximum atomic E-state index is 12.8. The minimum Gasteiger partial charge on any atom is -0.497 e. The summed E-state index contributed by atoms with van der Waals surface area (Å²) in [6.07, 6.45) is 2.07. The number of aromatic nitrogens is 4. The molecule has 29 heavy (non-hydrogen) atoms. The van der Waals surface area contributed by atoms with Crippen molar-refractivity contribution >= 4 is 17.2 Å². The Morgan fingerprint density at radius 1 is 1.38 bits per heavy atom. The van der Waals surface area contributed by atoms with Crippen LogP contribution in [0.15, 0.2) is 34.4 Å². The summed E-state index contributed by atoms with van der Waals surface area (Å²) in [5.41, 5.74) is 1.29. The first-order valence-corrected chi connectivity index (χ1v) is 10.4. The van der Waals surface area contributed by atoms with Crippen molar-refractivity contribution in [1.29, 1.82) is 0 Å². The van der Waals surface area contributed by atoms with Gasteiger partial charge in [-0.2, -0.15) is 5.10 Å². The molecule has 0 saturated carbocycles. The Kier molecular flexibility index (Phi) is 5.48. The molecule has 1 aromatic carbocycles. The quantitative estimate of drug-likeness (QED) is 0.691. The van der Waals surface area contributed by atoms with E-state index in [2.05, 4.69) is 15.4 Å². The number of carbonyl (C=O) groups excluding carboxylic acids is 1. The smallest absolute Gasteiger partial charge is 0.346 e. The predicted molar refractivity (Wildman–Crippen MR) is 110 cm³/mol. The molecule has 0 spiro atoms. The van der Waals surface area contributed by atoms with Gasteiger partial charge < -0.3 is 10.1 Å². The molecule has 1 aliphatic heterocycles. The maximum absolute atomic E-state index is 12.8. The average Bonchev–Trinajstić information content (AvgIpc) is 3.21. The van der Waals surface area contributed by atoms with E-state index in [9.17, 15) is 9.59 Å². The largest absolute Gasteiger partial charge is 0.497 e. The third kappa shape index (κ3) is 4.24. The number of nitrogens with one attached hydrogen (secondary N) is 1. The first-order valence-electron chi connectivity index (χ1n) is 9.56. The van der Waals surface area contributed by atoms with E-state index in [-0.39, 0.29) is 17.6 Å². The third-order valence-corrected chi connectivity index (χ3v) is 5.84. The van der Waals surface area contributed by atoms with Crippen molar-refractivity contribution in [3.63, 3.8) is 0 Å². The Hall–Kier alpha value is -2.94. The van der Waals surface area contributed by atoms with Crippen LogP contribution in [0.1, 0.15) is 39.7 Å². The van der Waals surface area contributed by atoms with E-state index in [0.717, 1.165) is 28.6 Å². The van der Waals surface area contributed by atoms with Gasteiger partial charge in [0.1, 0.15) is 17.3 Å². The molecule has 0 fully saturated rings. The highest BCUT2D eigenvalue weighted by Crippen LogP contribution is 2.16. The Bertz CT molecular complexity index is 1080. The number of benzene rings is 1. The lowest BCUT2D eigenvalue weighted by Crippen LogP contribution is -2.36. The summed E-state index contributed by atoms with van der Waals surface area (Å²) in [5, 5.41) is 10.2. The average molecular weight is 414 g/mol. The van der Waals surface area contributed by atoms with Crippen molar-refractivity contribution < 1.29 is 9.53 Å². The van der Waals surface area contributed by atoms with E-state index in [1.807, 2.05) is 31.2 Å². The second-order valence-electron chi connectivity index (χ2n) is 7.11. The van der Waals surface area contributed by atoms with Crippen LogP contribution in [0.3, 0.4) is 0 Å². The van der Waals surface area contributed by atoms with Crippen LogP contribution in [-0.4, -0.2) is 38.4 Å². The molecule has 0 aliphatic carbocycles. The minimum atomic E-state index is -0.158. The van der Waals surface area contributed by atoms with Gasteiger partial charge in [-0.3, -0.25) is 9.36 Å². The monoisotopic (exact) mass is 413 g/mol.